The number of amides is 1. The van der Waals surface area contributed by atoms with Gasteiger partial charge in [0, 0.05) is 18.8 Å². The molecule has 0 unspecified atom stereocenters. The molecule has 1 N–H and O–H groups in total. The van der Waals surface area contributed by atoms with E-state index in [1.165, 1.54) is 16.8 Å². The molecule has 2 saturated heterocycles. The van der Waals surface area contributed by atoms with Gasteiger partial charge in [0.2, 0.25) is 0 Å². The van der Waals surface area contributed by atoms with E-state index >= 15 is 0 Å². The minimum atomic E-state index is -0.0853. The standard InChI is InChI=1S/C10H12N2OS3/c1-2-12-5-6-15-8(12)4-3-7-9(13)11-10(14)16-7/h3-4H,2,5-6H2,1H3,(H,11,13,14). The van der Waals surface area contributed by atoms with E-state index in [9.17, 15) is 4.79 Å². The van der Waals surface area contributed by atoms with Crippen molar-refractivity contribution in [2.75, 3.05) is 18.8 Å². The molecule has 6 heteroatoms. The highest BCUT2D eigenvalue weighted by Gasteiger charge is 2.22. The molecule has 0 aliphatic carbocycles. The minimum absolute atomic E-state index is 0.0853. The van der Waals surface area contributed by atoms with Crippen molar-refractivity contribution in [2.24, 2.45) is 0 Å². The highest BCUT2D eigenvalue weighted by Crippen LogP contribution is 2.29. The molecular weight excluding hydrogens is 260 g/mol. The van der Waals surface area contributed by atoms with Crippen LogP contribution in [0.4, 0.5) is 0 Å². The van der Waals surface area contributed by atoms with Gasteiger partial charge in [-0.1, -0.05) is 24.0 Å². The number of carbonyl (C=O) groups excluding carboxylic acids is 1. The second-order valence-corrected chi connectivity index (χ2v) is 6.14. The minimum Gasteiger partial charge on any atom is -0.366 e. The predicted octanol–water partition coefficient (Wildman–Crippen LogP) is 1.93. The molecule has 2 fully saturated rings. The van der Waals surface area contributed by atoms with Crippen molar-refractivity contribution >= 4 is 46.0 Å². The Labute approximate surface area is 109 Å². The number of carbonyl (C=O) groups is 1. The largest absolute Gasteiger partial charge is 0.366 e. The van der Waals surface area contributed by atoms with Crippen molar-refractivity contribution in [3.05, 3.63) is 22.1 Å². The maximum Gasteiger partial charge on any atom is 0.263 e. The Morgan fingerprint density at radius 2 is 2.38 bits per heavy atom. The lowest BCUT2D eigenvalue weighted by atomic mass is 10.4. The number of hydrogen-bond donors (Lipinski definition) is 1. The SMILES string of the molecule is CCN1CCSC1=CC=C1SC(=S)NC1=O. The molecule has 0 spiro atoms. The van der Waals surface area contributed by atoms with Crippen LogP contribution in [-0.4, -0.2) is 34.0 Å². The van der Waals surface area contributed by atoms with Crippen LogP contribution in [0.3, 0.4) is 0 Å². The lowest BCUT2D eigenvalue weighted by Crippen LogP contribution is -2.18. The maximum atomic E-state index is 11.4. The Morgan fingerprint density at radius 1 is 1.56 bits per heavy atom. The molecule has 0 saturated carbocycles. The summed E-state index contributed by atoms with van der Waals surface area (Å²) in [5.74, 6) is 1.04. The van der Waals surface area contributed by atoms with Crippen LogP contribution in [0.2, 0.25) is 0 Å². The monoisotopic (exact) mass is 272 g/mol. The summed E-state index contributed by atoms with van der Waals surface area (Å²) in [5, 5.41) is 3.84. The first-order chi connectivity index (χ1) is 7.70. The second kappa shape index (κ2) is 5.25. The molecule has 86 valence electrons. The van der Waals surface area contributed by atoms with Gasteiger partial charge in [0.1, 0.15) is 4.32 Å². The number of nitrogens with zero attached hydrogens (tertiary/aromatic N) is 1. The van der Waals surface area contributed by atoms with Crippen molar-refractivity contribution in [3.63, 3.8) is 0 Å². The molecule has 2 aliphatic rings. The predicted molar refractivity (Wildman–Crippen MR) is 74.2 cm³/mol. The molecular formula is C10H12N2OS3. The molecule has 0 radical (unpaired) electrons. The highest BCUT2D eigenvalue weighted by molar-refractivity contribution is 8.26. The van der Waals surface area contributed by atoms with Crippen molar-refractivity contribution in [3.8, 4) is 0 Å². The number of nitrogens with one attached hydrogen (secondary N) is 1. The van der Waals surface area contributed by atoms with E-state index in [-0.39, 0.29) is 5.91 Å². The van der Waals surface area contributed by atoms with Crippen LogP contribution in [0, 0.1) is 0 Å². The van der Waals surface area contributed by atoms with Gasteiger partial charge < -0.3 is 10.2 Å². The van der Waals surface area contributed by atoms with Crippen LogP contribution in [0.1, 0.15) is 6.92 Å². The van der Waals surface area contributed by atoms with Crippen LogP contribution in [0.5, 0.6) is 0 Å². The summed E-state index contributed by atoms with van der Waals surface area (Å²) in [4.78, 5) is 14.4. The van der Waals surface area contributed by atoms with Gasteiger partial charge in [-0.15, -0.1) is 11.8 Å². The van der Waals surface area contributed by atoms with Crippen molar-refractivity contribution in [2.45, 2.75) is 6.92 Å². The number of hydrogen-bond acceptors (Lipinski definition) is 5. The van der Waals surface area contributed by atoms with E-state index in [1.54, 1.807) is 0 Å². The van der Waals surface area contributed by atoms with Crippen LogP contribution >= 0.6 is 35.7 Å². The molecule has 0 aromatic rings. The third-order valence-electron chi connectivity index (χ3n) is 2.32. The smallest absolute Gasteiger partial charge is 0.263 e. The average Bonchev–Trinajstić information content (AvgIpc) is 2.81. The number of thioether (sulfide) groups is 2. The number of allylic oxidation sites excluding steroid dienone is 2. The first-order valence-corrected chi connectivity index (χ1v) is 7.24. The van der Waals surface area contributed by atoms with Crippen LogP contribution in [0.15, 0.2) is 22.1 Å². The Hall–Kier alpha value is -0.460. The van der Waals surface area contributed by atoms with E-state index in [0.717, 1.165) is 18.8 Å². The van der Waals surface area contributed by atoms with E-state index in [2.05, 4.69) is 17.1 Å². The van der Waals surface area contributed by atoms with Crippen LogP contribution < -0.4 is 5.32 Å². The molecule has 2 aliphatic heterocycles. The van der Waals surface area contributed by atoms with Gasteiger partial charge in [-0.3, -0.25) is 4.79 Å². The normalized spacial score (nSPS) is 25.9. The summed E-state index contributed by atoms with van der Waals surface area (Å²) in [6.07, 6.45) is 3.87. The fraction of sp³-hybridized carbons (Fsp3) is 0.400. The maximum absolute atomic E-state index is 11.4. The van der Waals surface area contributed by atoms with Gasteiger partial charge >= 0.3 is 0 Å². The first kappa shape index (κ1) is 12.0. The Bertz CT molecular complexity index is 390. The van der Waals surface area contributed by atoms with Crippen molar-refractivity contribution < 1.29 is 4.79 Å². The fourth-order valence-electron chi connectivity index (χ4n) is 1.51. The first-order valence-electron chi connectivity index (χ1n) is 5.03. The van der Waals surface area contributed by atoms with E-state index < -0.39 is 0 Å². The van der Waals surface area contributed by atoms with Crippen molar-refractivity contribution in [1.82, 2.24) is 10.2 Å². The third-order valence-corrected chi connectivity index (χ3v) is 4.58. The quantitative estimate of drug-likeness (QED) is 0.613. The van der Waals surface area contributed by atoms with Gasteiger partial charge in [-0.05, 0) is 19.1 Å². The zero-order chi connectivity index (χ0) is 11.5. The summed E-state index contributed by atoms with van der Waals surface area (Å²) < 4.78 is 0.543. The summed E-state index contributed by atoms with van der Waals surface area (Å²) in [6, 6.07) is 0. The second-order valence-electron chi connectivity index (χ2n) is 3.31. The number of rotatable bonds is 2. The van der Waals surface area contributed by atoms with Crippen molar-refractivity contribution in [1.29, 1.82) is 0 Å². The van der Waals surface area contributed by atoms with Crippen LogP contribution in [0.25, 0.3) is 0 Å². The van der Waals surface area contributed by atoms with Gasteiger partial charge in [-0.2, -0.15) is 0 Å². The average molecular weight is 272 g/mol. The Kier molecular flexibility index (Phi) is 3.94. The molecule has 16 heavy (non-hydrogen) atoms. The number of thiocarbonyl (C=S) groups is 1. The molecule has 0 aromatic heterocycles. The molecule has 0 atom stereocenters. The fourth-order valence-corrected chi connectivity index (χ4v) is 3.59. The summed E-state index contributed by atoms with van der Waals surface area (Å²) in [5.41, 5.74) is 0. The zero-order valence-corrected chi connectivity index (χ0v) is 11.3. The molecule has 0 aromatic carbocycles. The molecule has 0 bridgehead atoms. The van der Waals surface area contributed by atoms with Gasteiger partial charge in [0.15, 0.2) is 0 Å². The molecule has 1 amide bonds. The Morgan fingerprint density at radius 3 is 3.00 bits per heavy atom. The van der Waals surface area contributed by atoms with Crippen LogP contribution in [-0.2, 0) is 4.79 Å². The van der Waals surface area contributed by atoms with Gasteiger partial charge in [0.05, 0.1) is 9.93 Å². The zero-order valence-electron chi connectivity index (χ0n) is 8.86. The highest BCUT2D eigenvalue weighted by atomic mass is 32.2. The Balaban J connectivity index is 2.10. The van der Waals surface area contributed by atoms with E-state index in [0.29, 0.717) is 9.23 Å². The molecule has 3 nitrogen and oxygen atoms in total. The summed E-state index contributed by atoms with van der Waals surface area (Å²) in [7, 11) is 0. The van der Waals surface area contributed by atoms with Gasteiger partial charge in [-0.25, -0.2) is 0 Å². The summed E-state index contributed by atoms with van der Waals surface area (Å²) >= 11 is 8.08. The van der Waals surface area contributed by atoms with Gasteiger partial charge in [0.25, 0.3) is 5.91 Å². The summed E-state index contributed by atoms with van der Waals surface area (Å²) in [6.45, 7) is 4.24. The lowest BCUT2D eigenvalue weighted by molar-refractivity contribution is -0.115. The van der Waals surface area contributed by atoms with E-state index in [4.69, 9.17) is 12.2 Å². The van der Waals surface area contributed by atoms with E-state index in [1.807, 2.05) is 23.9 Å². The molecule has 2 rings (SSSR count). The third kappa shape index (κ3) is 2.61. The molecule has 2 heterocycles. The lowest BCUT2D eigenvalue weighted by Gasteiger charge is -2.15. The topological polar surface area (TPSA) is 32.3 Å².